The molecule has 0 heterocycles. The second-order valence-corrected chi connectivity index (χ2v) is 15.2. The van der Waals surface area contributed by atoms with Crippen LogP contribution in [0.4, 0.5) is 0 Å². The fraction of sp³-hybridized carbons (Fsp3) is 0.583. The molecule has 166 valence electrons. The highest BCUT2D eigenvalue weighted by Gasteiger charge is 2.42. The molecule has 0 aliphatic heterocycles. The van der Waals surface area contributed by atoms with Gasteiger partial charge in [0, 0.05) is 16.7 Å². The minimum Gasteiger partial charge on any atom is -0.435 e. The molecule has 0 aliphatic rings. The Labute approximate surface area is 197 Å². The Morgan fingerprint density at radius 2 is 1.50 bits per heavy atom. The lowest BCUT2D eigenvalue weighted by molar-refractivity contribution is -0.137. The van der Waals surface area contributed by atoms with Gasteiger partial charge < -0.3 is 9.64 Å². The minimum absolute atomic E-state index is 0.244. The van der Waals surface area contributed by atoms with E-state index in [1.165, 1.54) is 0 Å². The van der Waals surface area contributed by atoms with E-state index in [-0.39, 0.29) is 5.91 Å². The lowest BCUT2D eigenvalue weighted by Gasteiger charge is -2.38. The molecule has 30 heavy (non-hydrogen) atoms. The Balaban J connectivity index is 3.42. The number of carbonyl (C=O) groups excluding carboxylic acids is 2. The third kappa shape index (κ3) is 6.10. The highest BCUT2D eigenvalue weighted by atomic mass is 127. The van der Waals surface area contributed by atoms with Gasteiger partial charge >= 0.3 is 5.97 Å². The van der Waals surface area contributed by atoms with Crippen LogP contribution in [0.1, 0.15) is 65.7 Å². The number of amides is 1. The van der Waals surface area contributed by atoms with Gasteiger partial charge in [0.15, 0.2) is 0 Å². The summed E-state index contributed by atoms with van der Waals surface area (Å²) in [6.07, 6.45) is -1.09. The molecule has 1 rings (SSSR count). The van der Waals surface area contributed by atoms with Gasteiger partial charge in [-0.1, -0.05) is 59.6 Å². The smallest absolute Gasteiger partial charge is 0.340 e. The number of halogens is 1. The Kier molecular flexibility index (Phi) is 10.6. The number of nitrogens with zero attached hydrogens (tertiary/aromatic N) is 1. The van der Waals surface area contributed by atoms with E-state index in [4.69, 9.17) is 4.74 Å². The number of benzene rings is 1. The Hall–Kier alpha value is -1.33. The summed E-state index contributed by atoms with van der Waals surface area (Å²) < 4.78 is 6.50. The van der Waals surface area contributed by atoms with Gasteiger partial charge in [0.05, 0.1) is 5.56 Å². The molecule has 0 fully saturated rings. The molecule has 0 aromatic heterocycles. The minimum atomic E-state index is -2.06. The molecule has 1 amide bonds. The van der Waals surface area contributed by atoms with Crippen LogP contribution in [-0.4, -0.2) is 44.0 Å². The predicted molar refractivity (Wildman–Crippen MR) is 135 cm³/mol. The summed E-state index contributed by atoms with van der Waals surface area (Å²) in [5.41, 5.74) is 5.30. The van der Waals surface area contributed by atoms with Crippen molar-refractivity contribution in [3.63, 3.8) is 0 Å². The van der Waals surface area contributed by atoms with E-state index < -0.39 is 20.1 Å². The van der Waals surface area contributed by atoms with E-state index in [1.54, 1.807) is 17.0 Å². The number of hydrogen-bond acceptors (Lipinski definition) is 3. The van der Waals surface area contributed by atoms with Crippen LogP contribution < -0.4 is 0 Å². The molecular weight excluding hydrogens is 505 g/mol. The number of likely N-dealkylation sites (N-methyl/N-ethyl adjacent to an activating group) is 1. The van der Waals surface area contributed by atoms with Crippen molar-refractivity contribution in [2.45, 2.75) is 78.1 Å². The Morgan fingerprint density at radius 3 is 1.93 bits per heavy atom. The topological polar surface area (TPSA) is 46.6 Å². The molecule has 0 spiro atoms. The first-order valence-electron chi connectivity index (χ1n) is 10.8. The summed E-state index contributed by atoms with van der Waals surface area (Å²) in [7, 11) is -2.06. The van der Waals surface area contributed by atoms with Gasteiger partial charge in [-0.2, -0.15) is 0 Å². The molecule has 0 N–H and O–H groups in total. The molecule has 6 heteroatoms. The van der Waals surface area contributed by atoms with E-state index in [0.29, 0.717) is 35.3 Å². The van der Waals surface area contributed by atoms with Crippen LogP contribution in [0, 0.1) is 15.0 Å². The molecule has 1 atom stereocenters. The lowest BCUT2D eigenvalue weighted by Crippen LogP contribution is -2.45. The second kappa shape index (κ2) is 11.9. The molecule has 0 aliphatic carbocycles. The molecule has 0 saturated heterocycles. The van der Waals surface area contributed by atoms with Gasteiger partial charge in [0.1, 0.15) is 8.07 Å². The lowest BCUT2D eigenvalue weighted by atomic mass is 10.2. The summed E-state index contributed by atoms with van der Waals surface area (Å²) in [4.78, 5) is 27.7. The van der Waals surface area contributed by atoms with Crippen LogP contribution >= 0.6 is 22.6 Å². The van der Waals surface area contributed by atoms with Crippen molar-refractivity contribution >= 4 is 42.5 Å². The summed E-state index contributed by atoms with van der Waals surface area (Å²) in [6.45, 7) is 18.3. The predicted octanol–water partition coefficient (Wildman–Crippen LogP) is 5.91. The molecule has 0 bridgehead atoms. The molecule has 0 radical (unpaired) electrons. The fourth-order valence-corrected chi connectivity index (χ4v) is 10.1. The fourth-order valence-electron chi connectivity index (χ4n) is 4.26. The van der Waals surface area contributed by atoms with Crippen molar-refractivity contribution < 1.29 is 14.3 Å². The third-order valence-electron chi connectivity index (χ3n) is 5.90. The van der Waals surface area contributed by atoms with E-state index in [0.717, 1.165) is 3.57 Å². The van der Waals surface area contributed by atoms with Gasteiger partial charge in [-0.15, -0.1) is 5.54 Å². The first-order valence-corrected chi connectivity index (χ1v) is 14.1. The highest BCUT2D eigenvalue weighted by molar-refractivity contribution is 14.1. The van der Waals surface area contributed by atoms with Crippen LogP contribution in [0.15, 0.2) is 24.3 Å². The zero-order valence-corrected chi connectivity index (χ0v) is 22.7. The van der Waals surface area contributed by atoms with Crippen molar-refractivity contribution in [2.24, 2.45) is 0 Å². The standard InChI is InChI=1S/C24H36INO3Si/c1-9-26(10-2)23(27)22(29-24(28)20-13-11-12-14-21(20)25)15-16-30(17(3)4,18(5)6)19(7)8/h11-14,17-19,22H,9-10H2,1-8H3. The van der Waals surface area contributed by atoms with Crippen LogP contribution in [0.3, 0.4) is 0 Å². The number of ether oxygens (including phenoxy) is 1. The first kappa shape index (κ1) is 26.7. The van der Waals surface area contributed by atoms with Gasteiger partial charge in [-0.05, 0) is 65.2 Å². The molecule has 0 saturated carbocycles. The van der Waals surface area contributed by atoms with Gasteiger partial charge in [0.25, 0.3) is 5.91 Å². The normalized spacial score (nSPS) is 12.5. The van der Waals surface area contributed by atoms with Gasteiger partial charge in [0.2, 0.25) is 6.10 Å². The largest absolute Gasteiger partial charge is 0.435 e. The van der Waals surface area contributed by atoms with E-state index in [2.05, 4.69) is 75.6 Å². The van der Waals surface area contributed by atoms with Crippen LogP contribution in [0.25, 0.3) is 0 Å². The summed E-state index contributed by atoms with van der Waals surface area (Å²) >= 11 is 2.10. The molecule has 1 aromatic rings. The number of esters is 1. The number of hydrogen-bond donors (Lipinski definition) is 0. The van der Waals surface area contributed by atoms with E-state index in [9.17, 15) is 9.59 Å². The van der Waals surface area contributed by atoms with Crippen LogP contribution in [0.5, 0.6) is 0 Å². The molecule has 1 unspecified atom stereocenters. The van der Waals surface area contributed by atoms with E-state index >= 15 is 0 Å². The average molecular weight is 542 g/mol. The molecule has 4 nitrogen and oxygen atoms in total. The zero-order chi connectivity index (χ0) is 23.1. The van der Waals surface area contributed by atoms with Crippen molar-refractivity contribution in [3.8, 4) is 11.5 Å². The summed E-state index contributed by atoms with van der Waals surface area (Å²) in [6, 6.07) is 7.22. The zero-order valence-electron chi connectivity index (χ0n) is 19.6. The number of rotatable bonds is 8. The monoisotopic (exact) mass is 541 g/mol. The van der Waals surface area contributed by atoms with Crippen molar-refractivity contribution in [2.75, 3.05) is 13.1 Å². The van der Waals surface area contributed by atoms with Crippen molar-refractivity contribution in [3.05, 3.63) is 33.4 Å². The SMILES string of the molecule is CCN(CC)C(=O)C(C#C[Si](C(C)C)(C(C)C)C(C)C)OC(=O)c1ccccc1I. The van der Waals surface area contributed by atoms with Gasteiger partial charge in [-0.3, -0.25) is 4.79 Å². The van der Waals surface area contributed by atoms with E-state index in [1.807, 2.05) is 26.0 Å². The highest BCUT2D eigenvalue weighted by Crippen LogP contribution is 2.40. The van der Waals surface area contributed by atoms with Crippen molar-refractivity contribution in [1.82, 2.24) is 4.90 Å². The Morgan fingerprint density at radius 1 is 1.00 bits per heavy atom. The quantitative estimate of drug-likeness (QED) is 0.178. The maximum atomic E-state index is 13.1. The maximum Gasteiger partial charge on any atom is 0.340 e. The van der Waals surface area contributed by atoms with Crippen molar-refractivity contribution in [1.29, 1.82) is 0 Å². The molecular formula is C24H36INO3Si. The van der Waals surface area contributed by atoms with Gasteiger partial charge in [-0.25, -0.2) is 4.79 Å². The summed E-state index contributed by atoms with van der Waals surface area (Å²) in [5.74, 6) is 2.40. The Bertz CT molecular complexity index is 769. The van der Waals surface area contributed by atoms with Crippen LogP contribution in [-0.2, 0) is 9.53 Å². The van der Waals surface area contributed by atoms with Crippen LogP contribution in [0.2, 0.25) is 16.6 Å². The molecule has 1 aromatic carbocycles. The summed E-state index contributed by atoms with van der Waals surface area (Å²) in [5, 5.41) is 0. The maximum absolute atomic E-state index is 13.1. The second-order valence-electron chi connectivity index (χ2n) is 8.44. The average Bonchev–Trinajstić information content (AvgIpc) is 2.67. The third-order valence-corrected chi connectivity index (χ3v) is 13.2. The first-order chi connectivity index (χ1) is 14.0. The number of carbonyl (C=O) groups is 2.